The van der Waals surface area contributed by atoms with E-state index in [0.717, 1.165) is 16.6 Å². The summed E-state index contributed by atoms with van der Waals surface area (Å²) in [5.41, 5.74) is 4.02. The first-order chi connectivity index (χ1) is 11.9. The summed E-state index contributed by atoms with van der Waals surface area (Å²) in [5, 5.41) is 8.70. The molecule has 0 aliphatic heterocycles. The van der Waals surface area contributed by atoms with Crippen LogP contribution in [0.4, 0.5) is 0 Å². The van der Waals surface area contributed by atoms with Crippen LogP contribution in [0.2, 0.25) is 0 Å². The molecule has 0 unspecified atom stereocenters. The summed E-state index contributed by atoms with van der Waals surface area (Å²) in [7, 11) is -1.14. The van der Waals surface area contributed by atoms with Gasteiger partial charge in [-0.15, -0.1) is 5.10 Å². The van der Waals surface area contributed by atoms with Gasteiger partial charge in [0.15, 0.2) is 0 Å². The molecule has 0 aliphatic carbocycles. The molecule has 0 radical (unpaired) electrons. The zero-order valence-electron chi connectivity index (χ0n) is 15.1. The van der Waals surface area contributed by atoms with E-state index in [-0.39, 0.29) is 10.8 Å². The summed E-state index contributed by atoms with van der Waals surface area (Å²) in [6, 6.07) is 16.2. The van der Waals surface area contributed by atoms with Crippen molar-refractivity contribution in [1.29, 1.82) is 0 Å². The summed E-state index contributed by atoms with van der Waals surface area (Å²) >= 11 is 0. The van der Waals surface area contributed by atoms with Crippen molar-refractivity contribution in [2.24, 2.45) is 0 Å². The van der Waals surface area contributed by atoms with Crippen LogP contribution in [0.5, 0.6) is 0 Å². The predicted molar refractivity (Wildman–Crippen MR) is 103 cm³/mol. The Morgan fingerprint density at radius 2 is 1.84 bits per heavy atom. The first-order valence-corrected chi connectivity index (χ1v) is 9.55. The van der Waals surface area contributed by atoms with Gasteiger partial charge in [-0.3, -0.25) is 0 Å². The number of aromatic nitrogens is 3. The largest absolute Gasteiger partial charge is 0.242 e. The van der Waals surface area contributed by atoms with Crippen LogP contribution in [0, 0.1) is 0 Å². The van der Waals surface area contributed by atoms with Gasteiger partial charge in [-0.05, 0) is 44.9 Å². The van der Waals surface area contributed by atoms with Crippen molar-refractivity contribution in [2.45, 2.75) is 45.0 Å². The predicted octanol–water partition coefficient (Wildman–Crippen LogP) is 3.59. The third-order valence-corrected chi connectivity index (χ3v) is 5.74. The molecule has 0 aliphatic rings. The second-order valence-electron chi connectivity index (χ2n) is 7.17. The van der Waals surface area contributed by atoms with Crippen LogP contribution in [0.1, 0.15) is 44.9 Å². The van der Waals surface area contributed by atoms with Crippen LogP contribution in [0.15, 0.2) is 48.5 Å². The van der Waals surface area contributed by atoms with Gasteiger partial charge in [0.2, 0.25) is 0 Å². The maximum absolute atomic E-state index is 12.4. The Morgan fingerprint density at radius 3 is 2.52 bits per heavy atom. The average molecular weight is 356 g/mol. The van der Waals surface area contributed by atoms with Crippen molar-refractivity contribution in [2.75, 3.05) is 0 Å². The lowest BCUT2D eigenvalue weighted by molar-refractivity contribution is 0.617. The monoisotopic (exact) mass is 356 g/mol. The molecule has 6 heteroatoms. The van der Waals surface area contributed by atoms with E-state index in [9.17, 15) is 4.21 Å². The summed E-state index contributed by atoms with van der Waals surface area (Å²) in [6.07, 6.45) is 0. The molecule has 0 amide bonds. The van der Waals surface area contributed by atoms with Gasteiger partial charge in [0.25, 0.3) is 0 Å². The van der Waals surface area contributed by atoms with Crippen molar-refractivity contribution >= 4 is 22.0 Å². The van der Waals surface area contributed by atoms with Gasteiger partial charge in [-0.2, -0.15) is 0 Å². The fourth-order valence-corrected chi connectivity index (χ4v) is 3.44. The number of benzene rings is 2. The Morgan fingerprint density at radius 1 is 1.12 bits per heavy atom. The van der Waals surface area contributed by atoms with Crippen LogP contribution < -0.4 is 4.72 Å². The molecule has 2 aromatic carbocycles. The Hall–Kier alpha value is -2.05. The van der Waals surface area contributed by atoms with Gasteiger partial charge >= 0.3 is 0 Å². The quantitative estimate of drug-likeness (QED) is 0.760. The van der Waals surface area contributed by atoms with Gasteiger partial charge in [0.05, 0.1) is 27.8 Å². The maximum Gasteiger partial charge on any atom is 0.117 e. The van der Waals surface area contributed by atoms with Crippen molar-refractivity contribution in [3.05, 3.63) is 59.7 Å². The minimum absolute atomic E-state index is 0.0781. The SMILES string of the molecule is C[C@@H](N[S@](=O)C(C)(C)C)c1cccc2c1nnn2Cc1ccccc1. The molecule has 1 N–H and O–H groups in total. The minimum atomic E-state index is -1.14. The van der Waals surface area contributed by atoms with E-state index in [1.54, 1.807) is 0 Å². The average Bonchev–Trinajstić information content (AvgIpc) is 2.98. The second-order valence-corrected chi connectivity index (χ2v) is 9.17. The van der Waals surface area contributed by atoms with Gasteiger partial charge in [0, 0.05) is 6.04 Å². The van der Waals surface area contributed by atoms with E-state index in [0.29, 0.717) is 6.54 Å². The van der Waals surface area contributed by atoms with Crippen molar-refractivity contribution in [3.8, 4) is 0 Å². The third kappa shape index (κ3) is 3.96. The van der Waals surface area contributed by atoms with Crippen molar-refractivity contribution in [1.82, 2.24) is 19.7 Å². The molecule has 3 rings (SSSR count). The fraction of sp³-hybridized carbons (Fsp3) is 0.368. The third-order valence-electron chi connectivity index (χ3n) is 4.06. The molecule has 0 saturated carbocycles. The fourth-order valence-electron chi connectivity index (χ4n) is 2.64. The maximum atomic E-state index is 12.4. The molecular formula is C19H24N4OS. The molecule has 132 valence electrons. The second kappa shape index (κ2) is 7.06. The number of hydrogen-bond acceptors (Lipinski definition) is 3. The van der Waals surface area contributed by atoms with Crippen molar-refractivity contribution < 1.29 is 4.21 Å². The first-order valence-electron chi connectivity index (χ1n) is 8.40. The molecule has 0 spiro atoms. The molecule has 1 aromatic heterocycles. The summed E-state index contributed by atoms with van der Waals surface area (Å²) < 4.78 is 17.2. The van der Waals surface area contributed by atoms with Crippen molar-refractivity contribution in [3.63, 3.8) is 0 Å². The molecular weight excluding hydrogens is 332 g/mol. The molecule has 5 nitrogen and oxygen atoms in total. The number of fused-ring (bicyclic) bond motifs is 1. The van der Waals surface area contributed by atoms with E-state index in [4.69, 9.17) is 0 Å². The van der Waals surface area contributed by atoms with Gasteiger partial charge < -0.3 is 0 Å². The highest BCUT2D eigenvalue weighted by atomic mass is 32.2. The van der Waals surface area contributed by atoms with E-state index >= 15 is 0 Å². The highest BCUT2D eigenvalue weighted by Gasteiger charge is 2.23. The Bertz CT molecular complexity index is 883. The van der Waals surface area contributed by atoms with E-state index in [2.05, 4.69) is 27.2 Å². The zero-order chi connectivity index (χ0) is 18.0. The van der Waals surface area contributed by atoms with Crippen LogP contribution in [-0.4, -0.2) is 23.9 Å². The normalized spacial score (nSPS) is 14.6. The van der Waals surface area contributed by atoms with Crippen LogP contribution >= 0.6 is 0 Å². The standard InChI is InChI=1S/C19H24N4OS/c1-14(21-25(24)19(2,3)4)16-11-8-12-17-18(16)20-22-23(17)13-15-9-6-5-7-10-15/h5-12,14,21H,13H2,1-4H3/t14-,25-/m1/s1. The molecule has 0 bridgehead atoms. The van der Waals surface area contributed by atoms with E-state index in [1.165, 1.54) is 5.56 Å². The lowest BCUT2D eigenvalue weighted by Gasteiger charge is -2.22. The van der Waals surface area contributed by atoms with Crippen LogP contribution in [-0.2, 0) is 17.5 Å². The molecule has 2 atom stereocenters. The van der Waals surface area contributed by atoms with E-state index < -0.39 is 11.0 Å². The minimum Gasteiger partial charge on any atom is -0.242 e. The first kappa shape index (κ1) is 17.8. The van der Waals surface area contributed by atoms with Gasteiger partial charge in [-0.1, -0.05) is 47.7 Å². The summed E-state index contributed by atoms with van der Waals surface area (Å²) in [6.45, 7) is 8.56. The number of nitrogens with zero attached hydrogens (tertiary/aromatic N) is 3. The highest BCUT2D eigenvalue weighted by molar-refractivity contribution is 7.84. The molecule has 0 saturated heterocycles. The Balaban J connectivity index is 1.89. The van der Waals surface area contributed by atoms with Crippen LogP contribution in [0.25, 0.3) is 11.0 Å². The number of rotatable bonds is 5. The van der Waals surface area contributed by atoms with Gasteiger partial charge in [-0.25, -0.2) is 13.6 Å². The lowest BCUT2D eigenvalue weighted by Crippen LogP contribution is -2.34. The van der Waals surface area contributed by atoms with Crippen LogP contribution in [0.3, 0.4) is 0 Å². The van der Waals surface area contributed by atoms with Gasteiger partial charge in [0.1, 0.15) is 5.52 Å². The summed E-state index contributed by atoms with van der Waals surface area (Å²) in [5.74, 6) is 0. The topological polar surface area (TPSA) is 59.8 Å². The lowest BCUT2D eigenvalue weighted by atomic mass is 10.1. The Labute approximate surface area is 151 Å². The molecule has 25 heavy (non-hydrogen) atoms. The number of nitrogens with one attached hydrogen (secondary N) is 1. The molecule has 1 heterocycles. The zero-order valence-corrected chi connectivity index (χ0v) is 15.9. The Kier molecular flexibility index (Phi) is 5.01. The molecule has 3 aromatic rings. The highest BCUT2D eigenvalue weighted by Crippen LogP contribution is 2.24. The summed E-state index contributed by atoms with van der Waals surface area (Å²) in [4.78, 5) is 0. The number of hydrogen-bond donors (Lipinski definition) is 1. The smallest absolute Gasteiger partial charge is 0.117 e. The molecule has 0 fully saturated rings. The van der Waals surface area contributed by atoms with E-state index in [1.807, 2.05) is 68.8 Å².